The number of halogens is 8. The van der Waals surface area contributed by atoms with E-state index >= 15 is 0 Å². The number of hydrogen-bond acceptors (Lipinski definition) is 9. The first-order chi connectivity index (χ1) is 25.7. The van der Waals surface area contributed by atoms with E-state index in [0.717, 1.165) is 54.9 Å². The van der Waals surface area contributed by atoms with Gasteiger partial charge in [0, 0.05) is 26.2 Å². The first-order valence-corrected chi connectivity index (χ1v) is 16.7. The Kier molecular flexibility index (Phi) is 13.5. The van der Waals surface area contributed by atoms with Gasteiger partial charge in [-0.05, 0) is 47.5 Å². The van der Waals surface area contributed by atoms with E-state index in [4.69, 9.17) is 32.7 Å². The lowest BCUT2D eigenvalue weighted by Gasteiger charge is -2.24. The second-order valence-electron chi connectivity index (χ2n) is 11.5. The Morgan fingerprint density at radius 2 is 1.13 bits per heavy atom. The number of amides is 4. The van der Waals surface area contributed by atoms with E-state index in [2.05, 4.69) is 46.9 Å². The van der Waals surface area contributed by atoms with Gasteiger partial charge in [0.05, 0.1) is 76.8 Å². The van der Waals surface area contributed by atoms with Gasteiger partial charge in [-0.15, -0.1) is 0 Å². The second kappa shape index (κ2) is 18.0. The Hall–Kier alpha value is -4.79. The Labute approximate surface area is 313 Å². The highest BCUT2D eigenvalue weighted by atomic mass is 35.5. The molecule has 13 nitrogen and oxygen atoms in total. The predicted octanol–water partition coefficient (Wildman–Crippen LogP) is 7.51. The number of ether oxygens (including phenoxy) is 2. The number of nitrogens with zero attached hydrogens (tertiary/aromatic N) is 3. The molecule has 0 aliphatic carbocycles. The number of pyridine rings is 1. The van der Waals surface area contributed by atoms with Crippen molar-refractivity contribution in [3.63, 3.8) is 0 Å². The maximum atomic E-state index is 12.5. The van der Waals surface area contributed by atoms with Crippen LogP contribution in [-0.2, 0) is 21.8 Å². The van der Waals surface area contributed by atoms with Crippen LogP contribution in [0, 0.1) is 0 Å². The second-order valence-corrected chi connectivity index (χ2v) is 12.3. The van der Waals surface area contributed by atoms with Gasteiger partial charge in [0.15, 0.2) is 0 Å². The lowest BCUT2D eigenvalue weighted by Crippen LogP contribution is -2.33. The minimum absolute atomic E-state index is 0.00919. The summed E-state index contributed by atoms with van der Waals surface area (Å²) < 4.78 is 86.0. The van der Waals surface area contributed by atoms with Gasteiger partial charge in [0.25, 0.3) is 0 Å². The summed E-state index contributed by atoms with van der Waals surface area (Å²) in [5.41, 5.74) is 1.55. The summed E-state index contributed by atoms with van der Waals surface area (Å²) >= 11 is 12.4. The van der Waals surface area contributed by atoms with Crippen LogP contribution in [0.2, 0.25) is 10.0 Å². The number of carbonyl (C=O) groups excluding carboxylic acids is 2. The minimum atomic E-state index is -4.65. The Balaban J connectivity index is 0.000000208. The van der Waals surface area contributed by atoms with Crippen LogP contribution >= 0.6 is 23.2 Å². The smallest absolute Gasteiger partial charge is 0.371 e. The summed E-state index contributed by atoms with van der Waals surface area (Å²) in [4.78, 5) is 33.7. The molecule has 0 unspecified atom stereocenters. The molecule has 2 atom stereocenters. The SMILES string of the molecule is O=C(Nc1ccc(C(F)(F)F)nc1)Nc1ccc([C@H]2CNCCO2)cc1Cl.O=C(Nc1cnc(C(F)(F)F)nc1)Nc1ccc([C@H]2CNCCO2)cc1Cl. The molecule has 4 heterocycles. The first-order valence-electron chi connectivity index (χ1n) is 16.0. The molecule has 0 bridgehead atoms. The van der Waals surface area contributed by atoms with Crippen molar-refractivity contribution >= 4 is 58.0 Å². The van der Waals surface area contributed by atoms with Crippen LogP contribution in [0.1, 0.15) is 34.9 Å². The normalized spacial score (nSPS) is 17.4. The van der Waals surface area contributed by atoms with Gasteiger partial charge in [-0.2, -0.15) is 26.3 Å². The third-order valence-corrected chi connectivity index (χ3v) is 8.18. The molecule has 4 amide bonds. The molecule has 2 saturated heterocycles. The molecule has 2 aromatic carbocycles. The number of anilines is 4. The van der Waals surface area contributed by atoms with E-state index in [1.165, 1.54) is 0 Å². The highest BCUT2D eigenvalue weighted by Crippen LogP contribution is 2.31. The van der Waals surface area contributed by atoms with E-state index in [1.807, 2.05) is 0 Å². The van der Waals surface area contributed by atoms with Crippen molar-refractivity contribution in [2.75, 3.05) is 60.7 Å². The van der Waals surface area contributed by atoms with Crippen molar-refractivity contribution in [2.45, 2.75) is 24.6 Å². The number of rotatable bonds is 6. The van der Waals surface area contributed by atoms with Crippen molar-refractivity contribution < 1.29 is 45.4 Å². The van der Waals surface area contributed by atoms with Crippen LogP contribution < -0.4 is 31.9 Å². The summed E-state index contributed by atoms with van der Waals surface area (Å²) in [5.74, 6) is -1.29. The van der Waals surface area contributed by atoms with Crippen molar-refractivity contribution in [3.8, 4) is 0 Å². The molecule has 0 radical (unpaired) electrons. The van der Waals surface area contributed by atoms with Gasteiger partial charge in [-0.25, -0.2) is 24.5 Å². The molecule has 6 N–H and O–H groups in total. The topological polar surface area (TPSA) is 163 Å². The molecule has 0 saturated carbocycles. The first kappa shape index (κ1) is 40.4. The monoisotopic (exact) mass is 801 g/mol. The molecule has 2 aromatic heterocycles. The van der Waals surface area contributed by atoms with Gasteiger partial charge >= 0.3 is 24.4 Å². The van der Waals surface area contributed by atoms with E-state index < -0.39 is 35.9 Å². The number of morpholine rings is 2. The number of nitrogens with one attached hydrogen (secondary N) is 6. The molecule has 6 rings (SSSR count). The highest BCUT2D eigenvalue weighted by Gasteiger charge is 2.34. The predicted molar refractivity (Wildman–Crippen MR) is 188 cm³/mol. The number of urea groups is 2. The average Bonchev–Trinajstić information content (AvgIpc) is 3.14. The third kappa shape index (κ3) is 11.6. The average molecular weight is 803 g/mol. The Morgan fingerprint density at radius 1 is 0.648 bits per heavy atom. The number of carbonyl (C=O) groups is 2. The molecule has 2 fully saturated rings. The van der Waals surface area contributed by atoms with Gasteiger partial charge in [-0.1, -0.05) is 35.3 Å². The molecular weight excluding hydrogens is 771 g/mol. The van der Waals surface area contributed by atoms with Crippen LogP contribution in [0.3, 0.4) is 0 Å². The lowest BCUT2D eigenvalue weighted by atomic mass is 10.1. The maximum absolute atomic E-state index is 12.5. The Morgan fingerprint density at radius 3 is 1.52 bits per heavy atom. The fourth-order valence-electron chi connectivity index (χ4n) is 4.97. The van der Waals surface area contributed by atoms with E-state index in [1.54, 1.807) is 36.4 Å². The van der Waals surface area contributed by atoms with Crippen LogP contribution in [-0.4, -0.2) is 66.4 Å². The van der Waals surface area contributed by atoms with Crippen molar-refractivity contribution in [1.82, 2.24) is 25.6 Å². The molecular formula is C33H31Cl2F6N9O4. The van der Waals surface area contributed by atoms with Gasteiger partial charge in [0.2, 0.25) is 5.82 Å². The number of hydrogen-bond donors (Lipinski definition) is 6. The maximum Gasteiger partial charge on any atom is 0.451 e. The summed E-state index contributed by atoms with van der Waals surface area (Å²) in [7, 11) is 0. The lowest BCUT2D eigenvalue weighted by molar-refractivity contribution is -0.145. The van der Waals surface area contributed by atoms with Crippen molar-refractivity contribution in [1.29, 1.82) is 0 Å². The fraction of sp³-hybridized carbons (Fsp3) is 0.303. The molecule has 21 heteroatoms. The zero-order valence-corrected chi connectivity index (χ0v) is 29.3. The molecule has 288 valence electrons. The molecule has 54 heavy (non-hydrogen) atoms. The third-order valence-electron chi connectivity index (χ3n) is 7.56. The van der Waals surface area contributed by atoms with Gasteiger partial charge in [0.1, 0.15) is 5.69 Å². The van der Waals surface area contributed by atoms with Gasteiger partial charge < -0.3 is 41.4 Å². The molecule has 2 aliphatic heterocycles. The summed E-state index contributed by atoms with van der Waals surface area (Å²) in [6.45, 7) is 4.12. The zero-order valence-electron chi connectivity index (χ0n) is 27.7. The van der Waals surface area contributed by atoms with E-state index in [-0.39, 0.29) is 23.6 Å². The largest absolute Gasteiger partial charge is 0.451 e. The van der Waals surface area contributed by atoms with Crippen LogP contribution in [0.4, 0.5) is 58.7 Å². The molecule has 2 aliphatic rings. The molecule has 0 spiro atoms. The Bertz CT molecular complexity index is 1760. The zero-order chi connectivity index (χ0) is 38.9. The summed E-state index contributed by atoms with van der Waals surface area (Å²) in [5, 5.41) is 16.9. The fourth-order valence-corrected chi connectivity index (χ4v) is 5.44. The van der Waals surface area contributed by atoms with E-state index in [0.29, 0.717) is 47.7 Å². The number of aromatic nitrogens is 3. The van der Waals surface area contributed by atoms with Crippen LogP contribution in [0.5, 0.6) is 0 Å². The van der Waals surface area contributed by atoms with Crippen molar-refractivity contribution in [2.24, 2.45) is 0 Å². The van der Waals surface area contributed by atoms with Crippen LogP contribution in [0.15, 0.2) is 67.1 Å². The standard InChI is InChI=1S/C17H16ClF3N4O2.C16H15ClF3N5O2/c18-12-7-10(14-9-22-5-6-27-14)1-3-13(12)25-16(26)24-11-2-4-15(23-8-11)17(19,20)21;17-11-5-9(13-8-21-3-4-27-13)1-2-12(11)25-15(26)24-10-6-22-14(23-7-10)16(18,19)20/h1-4,7-8,14,22H,5-6,9H2,(H2,24,25,26);1-2,5-7,13,21H,3-4,8H2,(H2,24,25,26)/t14-;13-/m11/s1. The van der Waals surface area contributed by atoms with Gasteiger partial charge in [-0.3, -0.25) is 0 Å². The number of alkyl halides is 6. The highest BCUT2D eigenvalue weighted by molar-refractivity contribution is 6.34. The molecule has 4 aromatic rings. The number of benzene rings is 2. The summed E-state index contributed by atoms with van der Waals surface area (Å²) in [6.07, 6.45) is -6.75. The van der Waals surface area contributed by atoms with Crippen LogP contribution in [0.25, 0.3) is 0 Å². The van der Waals surface area contributed by atoms with E-state index in [9.17, 15) is 35.9 Å². The van der Waals surface area contributed by atoms with Crippen molar-refractivity contribution in [3.05, 3.63) is 99.8 Å². The summed E-state index contributed by atoms with van der Waals surface area (Å²) in [6, 6.07) is 10.8. The quantitative estimate of drug-likeness (QED) is 0.108. The minimum Gasteiger partial charge on any atom is -0.371 e.